The summed E-state index contributed by atoms with van der Waals surface area (Å²) < 4.78 is 0. The maximum Gasteiger partial charge on any atom is 0.210 e. The normalized spacial score (nSPS) is 32.1. The first-order valence-electron chi connectivity index (χ1n) is 4.64. The van der Waals surface area contributed by atoms with Crippen molar-refractivity contribution in [2.45, 2.75) is 31.7 Å². The van der Waals surface area contributed by atoms with Crippen LogP contribution in [-0.4, -0.2) is 35.6 Å². The standard InChI is InChI=1S/C9H15NO2/c11-6-8-9(3-4-9)2-1-5-10(8)7-12/h7-8,11H,1-6H2/t8-/m1/s1. The number of nitrogens with zero attached hydrogens (tertiary/aromatic N) is 1. The summed E-state index contributed by atoms with van der Waals surface area (Å²) in [5.41, 5.74) is 0.313. The molecule has 0 aromatic carbocycles. The smallest absolute Gasteiger partial charge is 0.210 e. The van der Waals surface area contributed by atoms with Crippen LogP contribution in [0.4, 0.5) is 0 Å². The van der Waals surface area contributed by atoms with Crippen molar-refractivity contribution in [1.29, 1.82) is 0 Å². The van der Waals surface area contributed by atoms with E-state index in [0.717, 1.165) is 19.4 Å². The molecule has 0 aromatic rings. The van der Waals surface area contributed by atoms with Gasteiger partial charge in [-0.1, -0.05) is 0 Å². The lowest BCUT2D eigenvalue weighted by Crippen LogP contribution is -2.47. The van der Waals surface area contributed by atoms with Gasteiger partial charge in [-0.15, -0.1) is 0 Å². The highest BCUT2D eigenvalue weighted by Crippen LogP contribution is 2.55. The van der Waals surface area contributed by atoms with Gasteiger partial charge in [0.25, 0.3) is 0 Å². The van der Waals surface area contributed by atoms with Crippen molar-refractivity contribution < 1.29 is 9.90 Å². The summed E-state index contributed by atoms with van der Waals surface area (Å²) in [7, 11) is 0. The van der Waals surface area contributed by atoms with Crippen molar-refractivity contribution in [3.8, 4) is 0 Å². The van der Waals surface area contributed by atoms with Gasteiger partial charge in [-0.05, 0) is 31.1 Å². The number of aliphatic hydroxyl groups excluding tert-OH is 1. The molecule has 1 aliphatic heterocycles. The second kappa shape index (κ2) is 2.73. The van der Waals surface area contributed by atoms with Gasteiger partial charge in [0.1, 0.15) is 0 Å². The fraction of sp³-hybridized carbons (Fsp3) is 0.889. The van der Waals surface area contributed by atoms with Gasteiger partial charge in [0.2, 0.25) is 6.41 Å². The van der Waals surface area contributed by atoms with Gasteiger partial charge >= 0.3 is 0 Å². The largest absolute Gasteiger partial charge is 0.394 e. The number of carbonyl (C=O) groups is 1. The summed E-state index contributed by atoms with van der Waals surface area (Å²) in [6.07, 6.45) is 5.59. The minimum absolute atomic E-state index is 0.115. The molecule has 1 atom stereocenters. The number of hydrogen-bond acceptors (Lipinski definition) is 2. The number of carbonyl (C=O) groups excluding carboxylic acids is 1. The summed E-state index contributed by atoms with van der Waals surface area (Å²) in [4.78, 5) is 12.4. The van der Waals surface area contributed by atoms with Crippen LogP contribution < -0.4 is 0 Å². The summed E-state index contributed by atoms with van der Waals surface area (Å²) in [5.74, 6) is 0. The Labute approximate surface area is 72.4 Å². The van der Waals surface area contributed by atoms with Crippen LogP contribution in [-0.2, 0) is 4.79 Å². The van der Waals surface area contributed by atoms with Crippen molar-refractivity contribution in [3.05, 3.63) is 0 Å². The average molecular weight is 169 g/mol. The van der Waals surface area contributed by atoms with Gasteiger partial charge in [0.05, 0.1) is 12.6 Å². The molecule has 68 valence electrons. The van der Waals surface area contributed by atoms with Crippen molar-refractivity contribution in [3.63, 3.8) is 0 Å². The highest BCUT2D eigenvalue weighted by molar-refractivity contribution is 5.48. The minimum Gasteiger partial charge on any atom is -0.394 e. The third kappa shape index (κ3) is 1.04. The first-order chi connectivity index (χ1) is 5.82. The second-order valence-electron chi connectivity index (χ2n) is 4.01. The first kappa shape index (κ1) is 8.05. The molecule has 3 heteroatoms. The molecule has 0 radical (unpaired) electrons. The fourth-order valence-electron chi connectivity index (χ4n) is 2.46. The van der Waals surface area contributed by atoms with E-state index in [4.69, 9.17) is 5.11 Å². The molecule has 2 fully saturated rings. The molecule has 1 N–H and O–H groups in total. The van der Waals surface area contributed by atoms with Crippen LogP contribution in [0.5, 0.6) is 0 Å². The van der Waals surface area contributed by atoms with E-state index in [1.807, 2.05) is 0 Å². The minimum atomic E-state index is 0.115. The Bertz CT molecular complexity index is 189. The van der Waals surface area contributed by atoms with Crippen molar-refractivity contribution in [1.82, 2.24) is 4.90 Å². The zero-order valence-corrected chi connectivity index (χ0v) is 7.20. The molecule has 3 nitrogen and oxygen atoms in total. The van der Waals surface area contributed by atoms with Crippen LogP contribution in [0.2, 0.25) is 0 Å². The molecular weight excluding hydrogens is 154 g/mol. The number of likely N-dealkylation sites (tertiary alicyclic amines) is 1. The maximum atomic E-state index is 10.7. The number of hydrogen-bond donors (Lipinski definition) is 1. The number of aliphatic hydroxyl groups is 1. The predicted molar refractivity (Wildman–Crippen MR) is 44.5 cm³/mol. The summed E-state index contributed by atoms with van der Waals surface area (Å²) in [6, 6.07) is 0.115. The van der Waals surface area contributed by atoms with E-state index in [9.17, 15) is 4.79 Å². The molecule has 1 saturated heterocycles. The lowest BCUT2D eigenvalue weighted by Gasteiger charge is -2.38. The highest BCUT2D eigenvalue weighted by atomic mass is 16.3. The molecule has 1 aliphatic carbocycles. The number of rotatable bonds is 2. The third-order valence-electron chi connectivity index (χ3n) is 3.40. The molecule has 0 unspecified atom stereocenters. The quantitative estimate of drug-likeness (QED) is 0.607. The summed E-state index contributed by atoms with van der Waals surface area (Å²) in [6.45, 7) is 0.967. The molecule has 2 aliphatic rings. The third-order valence-corrected chi connectivity index (χ3v) is 3.40. The maximum absolute atomic E-state index is 10.7. The van der Waals surface area contributed by atoms with Crippen molar-refractivity contribution in [2.75, 3.05) is 13.2 Å². The predicted octanol–water partition coefficient (Wildman–Crippen LogP) is 0.380. The molecule has 2 rings (SSSR count). The van der Waals surface area contributed by atoms with E-state index in [1.54, 1.807) is 4.90 Å². The highest BCUT2D eigenvalue weighted by Gasteiger charge is 2.52. The Morgan fingerprint density at radius 2 is 2.25 bits per heavy atom. The lowest BCUT2D eigenvalue weighted by molar-refractivity contribution is -0.124. The fourth-order valence-corrected chi connectivity index (χ4v) is 2.46. The Kier molecular flexibility index (Phi) is 1.83. The summed E-state index contributed by atoms with van der Waals surface area (Å²) >= 11 is 0. The van der Waals surface area contributed by atoms with Gasteiger partial charge in [-0.2, -0.15) is 0 Å². The van der Waals surface area contributed by atoms with E-state index < -0.39 is 0 Å². The van der Waals surface area contributed by atoms with Gasteiger partial charge in [-0.3, -0.25) is 4.79 Å². The molecule has 1 saturated carbocycles. The second-order valence-corrected chi connectivity index (χ2v) is 4.01. The van der Waals surface area contributed by atoms with E-state index in [0.29, 0.717) is 5.41 Å². The van der Waals surface area contributed by atoms with Gasteiger partial charge in [0, 0.05) is 6.54 Å². The Balaban J connectivity index is 2.11. The molecule has 1 spiro atoms. The van der Waals surface area contributed by atoms with E-state index in [1.165, 1.54) is 19.3 Å². The molecule has 1 amide bonds. The molecule has 1 heterocycles. The molecule has 0 bridgehead atoms. The van der Waals surface area contributed by atoms with Crippen LogP contribution in [0, 0.1) is 5.41 Å². The van der Waals surface area contributed by atoms with Crippen LogP contribution in [0.1, 0.15) is 25.7 Å². The van der Waals surface area contributed by atoms with E-state index >= 15 is 0 Å². The van der Waals surface area contributed by atoms with E-state index in [-0.39, 0.29) is 12.6 Å². The van der Waals surface area contributed by atoms with Crippen LogP contribution in [0.15, 0.2) is 0 Å². The zero-order chi connectivity index (χ0) is 8.60. The number of amides is 1. The average Bonchev–Trinajstić information content (AvgIpc) is 2.85. The topological polar surface area (TPSA) is 40.5 Å². The Morgan fingerprint density at radius 3 is 2.75 bits per heavy atom. The van der Waals surface area contributed by atoms with Crippen molar-refractivity contribution >= 4 is 6.41 Å². The summed E-state index contributed by atoms with van der Waals surface area (Å²) in [5, 5.41) is 9.17. The molecule has 0 aromatic heterocycles. The van der Waals surface area contributed by atoms with Gasteiger partial charge in [-0.25, -0.2) is 0 Å². The number of piperidine rings is 1. The molecule has 12 heavy (non-hydrogen) atoms. The molecular formula is C9H15NO2. The first-order valence-corrected chi connectivity index (χ1v) is 4.64. The van der Waals surface area contributed by atoms with E-state index in [2.05, 4.69) is 0 Å². The van der Waals surface area contributed by atoms with Crippen LogP contribution in [0.3, 0.4) is 0 Å². The lowest BCUT2D eigenvalue weighted by atomic mass is 9.87. The Morgan fingerprint density at radius 1 is 1.50 bits per heavy atom. The Hall–Kier alpha value is -0.570. The van der Waals surface area contributed by atoms with Gasteiger partial charge < -0.3 is 10.0 Å². The van der Waals surface area contributed by atoms with Gasteiger partial charge in [0.15, 0.2) is 0 Å². The van der Waals surface area contributed by atoms with Crippen LogP contribution in [0.25, 0.3) is 0 Å². The SMILES string of the molecule is O=CN1CCCC2(CC2)[C@H]1CO. The monoisotopic (exact) mass is 169 g/mol. The van der Waals surface area contributed by atoms with Crippen LogP contribution >= 0.6 is 0 Å². The van der Waals surface area contributed by atoms with Crippen molar-refractivity contribution in [2.24, 2.45) is 5.41 Å². The zero-order valence-electron chi connectivity index (χ0n) is 7.20.